The van der Waals surface area contributed by atoms with Crippen molar-refractivity contribution in [1.29, 1.82) is 0 Å². The number of benzene rings is 1. The fourth-order valence-electron chi connectivity index (χ4n) is 6.46. The zero-order valence-electron chi connectivity index (χ0n) is 21.3. The van der Waals surface area contributed by atoms with Crippen LogP contribution in [0.4, 0.5) is 5.69 Å². The molecule has 1 amide bonds. The average Bonchev–Trinajstić information content (AvgIpc) is 3.28. The summed E-state index contributed by atoms with van der Waals surface area (Å²) in [4.78, 5) is 14.1. The van der Waals surface area contributed by atoms with Crippen molar-refractivity contribution in [3.8, 4) is 0 Å². The molecule has 184 valence electrons. The molecule has 2 aromatic rings. The van der Waals surface area contributed by atoms with Crippen LogP contribution in [0.3, 0.4) is 0 Å². The number of para-hydroxylation sites is 1. The van der Waals surface area contributed by atoms with Gasteiger partial charge in [-0.25, -0.2) is 15.1 Å². The lowest BCUT2D eigenvalue weighted by Gasteiger charge is -2.55. The molecular formula is C26H39N7O. The topological polar surface area (TPSA) is 88.0 Å². The summed E-state index contributed by atoms with van der Waals surface area (Å²) >= 11 is 0. The van der Waals surface area contributed by atoms with Crippen LogP contribution in [0.25, 0.3) is 0 Å². The molecule has 1 aliphatic heterocycles. The van der Waals surface area contributed by atoms with E-state index in [0.717, 1.165) is 50.0 Å². The largest absolute Gasteiger partial charge is 0.361 e. The van der Waals surface area contributed by atoms with Crippen molar-refractivity contribution in [2.75, 3.05) is 5.32 Å². The molecule has 2 aliphatic carbocycles. The minimum atomic E-state index is -0.508. The van der Waals surface area contributed by atoms with E-state index < -0.39 is 11.2 Å². The number of rotatable bonds is 3. The summed E-state index contributed by atoms with van der Waals surface area (Å²) in [6.07, 6.45) is 8.14. The zero-order valence-corrected chi connectivity index (χ0v) is 21.3. The lowest BCUT2D eigenvalue weighted by molar-refractivity contribution is -0.0314. The maximum Gasteiger partial charge on any atom is 0.272 e. The first-order chi connectivity index (χ1) is 16.1. The Morgan fingerprint density at radius 2 is 1.76 bits per heavy atom. The van der Waals surface area contributed by atoms with Gasteiger partial charge in [-0.3, -0.25) is 4.79 Å². The summed E-state index contributed by atoms with van der Waals surface area (Å²) in [5.74, 6) is 1.91. The van der Waals surface area contributed by atoms with Crippen molar-refractivity contribution in [2.45, 2.75) is 103 Å². The minimum Gasteiger partial charge on any atom is -0.361 e. The highest BCUT2D eigenvalue weighted by atomic mass is 16.2. The number of nitrogens with one attached hydrogen (secondary N) is 2. The second kappa shape index (κ2) is 8.33. The van der Waals surface area contributed by atoms with Crippen LogP contribution in [-0.2, 0) is 11.1 Å². The third kappa shape index (κ3) is 3.89. The highest BCUT2D eigenvalue weighted by molar-refractivity contribution is 6.02. The predicted octanol–water partition coefficient (Wildman–Crippen LogP) is 4.81. The summed E-state index contributed by atoms with van der Waals surface area (Å²) < 4.78 is 1.95. The van der Waals surface area contributed by atoms with Gasteiger partial charge in [0, 0.05) is 5.69 Å². The average molecular weight is 466 g/mol. The zero-order chi connectivity index (χ0) is 24.1. The smallest absolute Gasteiger partial charge is 0.272 e. The Balaban J connectivity index is 1.62. The first-order valence-corrected chi connectivity index (χ1v) is 12.9. The summed E-state index contributed by atoms with van der Waals surface area (Å²) in [5.41, 5.74) is 4.27. The summed E-state index contributed by atoms with van der Waals surface area (Å²) in [6.45, 7) is 11.0. The Morgan fingerprint density at radius 3 is 2.47 bits per heavy atom. The van der Waals surface area contributed by atoms with Crippen LogP contribution in [0.15, 0.2) is 24.3 Å². The van der Waals surface area contributed by atoms with Crippen molar-refractivity contribution >= 4 is 11.6 Å². The number of tetrazole rings is 1. The quantitative estimate of drug-likeness (QED) is 0.676. The van der Waals surface area contributed by atoms with E-state index in [0.29, 0.717) is 17.4 Å². The van der Waals surface area contributed by atoms with E-state index in [1.165, 1.54) is 12.8 Å². The van der Waals surface area contributed by atoms with Crippen LogP contribution < -0.4 is 10.7 Å². The van der Waals surface area contributed by atoms with Crippen LogP contribution in [0.5, 0.6) is 0 Å². The molecule has 0 saturated heterocycles. The Labute approximate surface area is 202 Å². The van der Waals surface area contributed by atoms with E-state index in [-0.39, 0.29) is 11.4 Å². The summed E-state index contributed by atoms with van der Waals surface area (Å²) in [5, 5.41) is 18.8. The van der Waals surface area contributed by atoms with Gasteiger partial charge in [0.15, 0.2) is 5.82 Å². The van der Waals surface area contributed by atoms with Crippen LogP contribution in [0.2, 0.25) is 0 Å². The normalized spacial score (nSPS) is 31.9. The number of fused-ring (bicyclic) bond motifs is 1. The van der Waals surface area contributed by atoms with Gasteiger partial charge in [0.05, 0.1) is 16.6 Å². The molecule has 1 spiro atoms. The maximum atomic E-state index is 14.1. The molecule has 1 aromatic heterocycles. The molecule has 2 saturated carbocycles. The molecule has 2 fully saturated rings. The number of carbonyl (C=O) groups is 1. The standard InChI is InChI=1S/C26H39N7O/c1-18-10-8-14-25(16-18,23-28-30-31-33(23)24(3,4)5)29-32-22(34)20-12-6-7-13-21(20)27-26(32)15-9-11-19(2)17-26/h6-7,12-13,18-19,27,29H,8-11,14-17H2,1-5H3/t18-,19+,25+,26+/m1/s1. The Morgan fingerprint density at radius 1 is 1.06 bits per heavy atom. The van der Waals surface area contributed by atoms with Gasteiger partial charge < -0.3 is 5.32 Å². The van der Waals surface area contributed by atoms with Gasteiger partial charge in [-0.15, -0.1) is 5.10 Å². The van der Waals surface area contributed by atoms with Gasteiger partial charge in [-0.05, 0) is 87.3 Å². The third-order valence-corrected chi connectivity index (χ3v) is 7.99. The van der Waals surface area contributed by atoms with E-state index in [9.17, 15) is 4.79 Å². The first kappa shape index (κ1) is 23.3. The Kier molecular flexibility index (Phi) is 5.70. The molecule has 3 aliphatic rings. The molecule has 0 unspecified atom stereocenters. The van der Waals surface area contributed by atoms with E-state index in [4.69, 9.17) is 0 Å². The van der Waals surface area contributed by atoms with Crippen LogP contribution in [-0.4, -0.2) is 36.8 Å². The number of amides is 1. The van der Waals surface area contributed by atoms with Crippen molar-refractivity contribution in [2.24, 2.45) is 11.8 Å². The monoisotopic (exact) mass is 465 g/mol. The van der Waals surface area contributed by atoms with Gasteiger partial charge in [-0.2, -0.15) is 0 Å². The molecule has 0 bridgehead atoms. The van der Waals surface area contributed by atoms with E-state index in [1.54, 1.807) is 0 Å². The molecule has 8 heteroatoms. The highest BCUT2D eigenvalue weighted by Gasteiger charge is 2.52. The van der Waals surface area contributed by atoms with E-state index in [2.05, 4.69) is 60.9 Å². The third-order valence-electron chi connectivity index (χ3n) is 7.99. The lowest BCUT2D eigenvalue weighted by atomic mass is 9.75. The van der Waals surface area contributed by atoms with Gasteiger partial charge >= 0.3 is 0 Å². The number of hydrogen-bond donors (Lipinski definition) is 2. The number of nitrogens with zero attached hydrogens (tertiary/aromatic N) is 5. The molecule has 1 aromatic carbocycles. The molecule has 5 rings (SSSR count). The van der Waals surface area contributed by atoms with Gasteiger partial charge in [0.1, 0.15) is 5.66 Å². The number of anilines is 1. The Bertz CT molecular complexity index is 1060. The maximum absolute atomic E-state index is 14.1. The van der Waals surface area contributed by atoms with Gasteiger partial charge in [0.2, 0.25) is 0 Å². The SMILES string of the molecule is C[C@@H]1CCC[C@@](NN2C(=O)c3ccccc3N[C@@]23CCC[C@H](C)C3)(c2nnnn2C(C)(C)C)C1. The molecule has 2 heterocycles. The fraction of sp³-hybridized carbons (Fsp3) is 0.692. The predicted molar refractivity (Wildman–Crippen MR) is 132 cm³/mol. The number of hydrazine groups is 1. The molecule has 34 heavy (non-hydrogen) atoms. The lowest BCUT2D eigenvalue weighted by Crippen LogP contribution is -2.70. The summed E-state index contributed by atoms with van der Waals surface area (Å²) in [6, 6.07) is 7.90. The fourth-order valence-corrected chi connectivity index (χ4v) is 6.46. The molecule has 4 atom stereocenters. The van der Waals surface area contributed by atoms with Crippen molar-refractivity contribution in [1.82, 2.24) is 30.6 Å². The van der Waals surface area contributed by atoms with Crippen molar-refractivity contribution in [3.05, 3.63) is 35.7 Å². The molecule has 2 N–H and O–H groups in total. The van der Waals surface area contributed by atoms with Gasteiger partial charge in [0.25, 0.3) is 5.91 Å². The number of aromatic nitrogens is 4. The first-order valence-electron chi connectivity index (χ1n) is 12.9. The molecule has 8 nitrogen and oxygen atoms in total. The Hall–Kier alpha value is -2.48. The van der Waals surface area contributed by atoms with Crippen LogP contribution >= 0.6 is 0 Å². The van der Waals surface area contributed by atoms with Crippen LogP contribution in [0.1, 0.15) is 102 Å². The molecule has 0 radical (unpaired) electrons. The van der Waals surface area contributed by atoms with Crippen molar-refractivity contribution < 1.29 is 4.79 Å². The van der Waals surface area contributed by atoms with Gasteiger partial charge in [-0.1, -0.05) is 45.2 Å². The number of hydrogen-bond acceptors (Lipinski definition) is 6. The van der Waals surface area contributed by atoms with Crippen molar-refractivity contribution in [3.63, 3.8) is 0 Å². The summed E-state index contributed by atoms with van der Waals surface area (Å²) in [7, 11) is 0. The second-order valence-corrected chi connectivity index (χ2v) is 12.0. The highest BCUT2D eigenvalue weighted by Crippen LogP contribution is 2.45. The van der Waals surface area contributed by atoms with E-state index in [1.807, 2.05) is 34.0 Å². The molecular weight excluding hydrogens is 426 g/mol. The van der Waals surface area contributed by atoms with E-state index >= 15 is 0 Å². The second-order valence-electron chi connectivity index (χ2n) is 12.0. The van der Waals surface area contributed by atoms with Crippen LogP contribution in [0, 0.1) is 11.8 Å². The minimum absolute atomic E-state index is 0.0378. The number of carbonyl (C=O) groups excluding carboxylic acids is 1.